The first-order valence-corrected chi connectivity index (χ1v) is 10.5. The Morgan fingerprint density at radius 3 is 2.91 bits per heavy atom. The number of amides is 2. The predicted octanol–water partition coefficient (Wildman–Crippen LogP) is 2.76. The smallest absolute Gasteiger partial charge is 0.318 e. The van der Waals surface area contributed by atoms with Crippen LogP contribution in [0.15, 0.2) is 36.7 Å². The van der Waals surface area contributed by atoms with E-state index in [4.69, 9.17) is 11.6 Å². The van der Waals surface area contributed by atoms with E-state index in [0.29, 0.717) is 43.1 Å². The minimum absolute atomic E-state index is 0.0646. The summed E-state index contributed by atoms with van der Waals surface area (Å²) in [6, 6.07) is 4.87. The SMILES string of the molecule is Cc1nccc(Cc2ncc3c(n2)CN(C(=O)N[C@H](CO)c2ccc(F)c(Cl)c2)CC3)n1. The Labute approximate surface area is 189 Å². The van der Waals surface area contributed by atoms with Gasteiger partial charge in [-0.2, -0.15) is 0 Å². The lowest BCUT2D eigenvalue weighted by Crippen LogP contribution is -2.45. The average Bonchev–Trinajstić information content (AvgIpc) is 2.78. The molecule has 10 heteroatoms. The molecule has 32 heavy (non-hydrogen) atoms. The van der Waals surface area contributed by atoms with E-state index in [1.54, 1.807) is 17.3 Å². The molecule has 2 N–H and O–H groups in total. The van der Waals surface area contributed by atoms with Gasteiger partial charge in [0, 0.05) is 18.9 Å². The van der Waals surface area contributed by atoms with Crippen LogP contribution in [0.4, 0.5) is 9.18 Å². The molecule has 3 aromatic rings. The average molecular weight is 457 g/mol. The molecule has 0 saturated heterocycles. The first-order valence-electron chi connectivity index (χ1n) is 10.2. The second kappa shape index (κ2) is 9.54. The van der Waals surface area contributed by atoms with E-state index in [9.17, 15) is 14.3 Å². The lowest BCUT2D eigenvalue weighted by atomic mass is 10.1. The number of aryl methyl sites for hydroxylation is 1. The molecule has 0 saturated carbocycles. The Kier molecular flexibility index (Phi) is 6.57. The summed E-state index contributed by atoms with van der Waals surface area (Å²) in [6.45, 7) is 2.30. The Hall–Kier alpha value is -3.17. The van der Waals surface area contributed by atoms with Crippen LogP contribution in [0.3, 0.4) is 0 Å². The lowest BCUT2D eigenvalue weighted by molar-refractivity contribution is 0.176. The van der Waals surface area contributed by atoms with Gasteiger partial charge in [-0.05, 0) is 42.7 Å². The summed E-state index contributed by atoms with van der Waals surface area (Å²) < 4.78 is 13.4. The number of aliphatic hydroxyl groups excluding tert-OH is 1. The Morgan fingerprint density at radius 1 is 1.31 bits per heavy atom. The predicted molar refractivity (Wildman–Crippen MR) is 115 cm³/mol. The number of aromatic nitrogens is 4. The van der Waals surface area contributed by atoms with Crippen molar-refractivity contribution in [3.8, 4) is 0 Å². The van der Waals surface area contributed by atoms with Crippen LogP contribution in [0, 0.1) is 12.7 Å². The zero-order valence-corrected chi connectivity index (χ0v) is 18.2. The normalized spacial score (nSPS) is 14.1. The van der Waals surface area contributed by atoms with Gasteiger partial charge in [0.2, 0.25) is 0 Å². The number of hydrogen-bond acceptors (Lipinski definition) is 6. The quantitative estimate of drug-likeness (QED) is 0.611. The van der Waals surface area contributed by atoms with Gasteiger partial charge in [-0.1, -0.05) is 17.7 Å². The van der Waals surface area contributed by atoms with Crippen LogP contribution in [-0.2, 0) is 19.4 Å². The summed E-state index contributed by atoms with van der Waals surface area (Å²) in [7, 11) is 0. The number of urea groups is 1. The number of fused-ring (bicyclic) bond motifs is 1. The Balaban J connectivity index is 1.45. The van der Waals surface area contributed by atoms with Crippen LogP contribution in [0.25, 0.3) is 0 Å². The largest absolute Gasteiger partial charge is 0.394 e. The number of benzene rings is 1. The van der Waals surface area contributed by atoms with Crippen molar-refractivity contribution < 1.29 is 14.3 Å². The van der Waals surface area contributed by atoms with Crippen LogP contribution in [0.2, 0.25) is 5.02 Å². The summed E-state index contributed by atoms with van der Waals surface area (Å²) >= 11 is 5.84. The summed E-state index contributed by atoms with van der Waals surface area (Å²) in [5.74, 6) is 0.751. The van der Waals surface area contributed by atoms with Crippen molar-refractivity contribution in [2.24, 2.45) is 0 Å². The van der Waals surface area contributed by atoms with Crippen molar-refractivity contribution >= 4 is 17.6 Å². The van der Waals surface area contributed by atoms with Gasteiger partial charge in [0.1, 0.15) is 17.5 Å². The van der Waals surface area contributed by atoms with Gasteiger partial charge >= 0.3 is 6.03 Å². The molecule has 0 bridgehead atoms. The van der Waals surface area contributed by atoms with Crippen molar-refractivity contribution in [2.75, 3.05) is 13.2 Å². The molecule has 4 rings (SSSR count). The fourth-order valence-electron chi connectivity index (χ4n) is 3.57. The molecule has 8 nitrogen and oxygen atoms in total. The van der Waals surface area contributed by atoms with E-state index in [1.807, 2.05) is 13.0 Å². The molecule has 1 atom stereocenters. The number of carbonyl (C=O) groups is 1. The number of halogens is 2. The highest BCUT2D eigenvalue weighted by Gasteiger charge is 2.25. The van der Waals surface area contributed by atoms with Gasteiger partial charge in [0.05, 0.1) is 42.0 Å². The molecule has 1 aromatic carbocycles. The van der Waals surface area contributed by atoms with Gasteiger partial charge in [-0.3, -0.25) is 0 Å². The molecule has 1 aliphatic heterocycles. The molecule has 0 unspecified atom stereocenters. The first-order chi connectivity index (χ1) is 15.4. The molecule has 0 spiro atoms. The Bertz CT molecular complexity index is 1150. The van der Waals surface area contributed by atoms with Crippen molar-refractivity contribution in [3.63, 3.8) is 0 Å². The summed E-state index contributed by atoms with van der Waals surface area (Å²) in [4.78, 5) is 32.0. The number of nitrogens with zero attached hydrogens (tertiary/aromatic N) is 5. The van der Waals surface area contributed by atoms with Crippen LogP contribution in [0.5, 0.6) is 0 Å². The molecular formula is C22H22ClFN6O2. The highest BCUT2D eigenvalue weighted by molar-refractivity contribution is 6.30. The second-order valence-corrected chi connectivity index (χ2v) is 7.97. The lowest BCUT2D eigenvalue weighted by Gasteiger charge is -2.30. The summed E-state index contributed by atoms with van der Waals surface area (Å²) in [6.07, 6.45) is 4.61. The molecular weight excluding hydrogens is 435 g/mol. The van der Waals surface area contributed by atoms with Crippen LogP contribution in [-0.4, -0.2) is 49.1 Å². The zero-order chi connectivity index (χ0) is 22.7. The van der Waals surface area contributed by atoms with E-state index >= 15 is 0 Å². The third-order valence-electron chi connectivity index (χ3n) is 5.28. The summed E-state index contributed by atoms with van der Waals surface area (Å²) in [5, 5.41) is 12.5. The van der Waals surface area contributed by atoms with Crippen molar-refractivity contribution in [3.05, 3.63) is 81.7 Å². The molecule has 2 aromatic heterocycles. The second-order valence-electron chi connectivity index (χ2n) is 7.56. The fraction of sp³-hybridized carbons (Fsp3) is 0.318. The van der Waals surface area contributed by atoms with E-state index in [-0.39, 0.29) is 17.7 Å². The highest BCUT2D eigenvalue weighted by Crippen LogP contribution is 2.22. The standard InChI is InChI=1S/C22H22ClFN6O2/c1-13-25-6-4-16(27-13)9-21-26-10-15-5-7-30(11-19(15)28-21)22(32)29-20(12-31)14-2-3-18(24)17(23)8-14/h2-4,6,8,10,20,31H,5,7,9,11-12H2,1H3,(H,29,32)/t20-/m1/s1. The summed E-state index contributed by atoms with van der Waals surface area (Å²) in [5.41, 5.74) is 3.13. The maximum absolute atomic E-state index is 13.4. The molecule has 0 fully saturated rings. The number of rotatable bonds is 5. The van der Waals surface area contributed by atoms with Crippen molar-refractivity contribution in [1.82, 2.24) is 30.2 Å². The minimum Gasteiger partial charge on any atom is -0.394 e. The number of aliphatic hydroxyl groups is 1. The number of hydrogen-bond donors (Lipinski definition) is 2. The minimum atomic E-state index is -0.705. The highest BCUT2D eigenvalue weighted by atomic mass is 35.5. The molecule has 2 amide bonds. The molecule has 0 aliphatic carbocycles. The zero-order valence-electron chi connectivity index (χ0n) is 17.4. The van der Waals surface area contributed by atoms with Gasteiger partial charge in [-0.25, -0.2) is 29.1 Å². The van der Waals surface area contributed by atoms with Gasteiger partial charge in [0.25, 0.3) is 0 Å². The third kappa shape index (κ3) is 5.00. The molecule has 3 heterocycles. The van der Waals surface area contributed by atoms with E-state index in [1.165, 1.54) is 18.2 Å². The van der Waals surface area contributed by atoms with Crippen LogP contribution >= 0.6 is 11.6 Å². The van der Waals surface area contributed by atoms with Crippen LogP contribution < -0.4 is 5.32 Å². The maximum Gasteiger partial charge on any atom is 0.318 e. The third-order valence-corrected chi connectivity index (χ3v) is 5.57. The van der Waals surface area contributed by atoms with E-state index in [0.717, 1.165) is 17.0 Å². The van der Waals surface area contributed by atoms with E-state index < -0.39 is 11.9 Å². The van der Waals surface area contributed by atoms with Gasteiger partial charge in [0.15, 0.2) is 0 Å². The molecule has 1 aliphatic rings. The van der Waals surface area contributed by atoms with Crippen molar-refractivity contribution in [1.29, 1.82) is 0 Å². The first kappa shape index (κ1) is 22.0. The van der Waals surface area contributed by atoms with Crippen molar-refractivity contribution in [2.45, 2.75) is 32.4 Å². The van der Waals surface area contributed by atoms with Gasteiger partial charge in [-0.15, -0.1) is 0 Å². The number of nitrogens with one attached hydrogen (secondary N) is 1. The topological polar surface area (TPSA) is 104 Å². The van der Waals surface area contributed by atoms with E-state index in [2.05, 4.69) is 25.3 Å². The molecule has 166 valence electrons. The molecule has 0 radical (unpaired) electrons. The maximum atomic E-state index is 13.4. The Morgan fingerprint density at radius 2 is 2.16 bits per heavy atom. The monoisotopic (exact) mass is 456 g/mol. The fourth-order valence-corrected chi connectivity index (χ4v) is 3.76. The van der Waals surface area contributed by atoms with Gasteiger partial charge < -0.3 is 15.3 Å². The van der Waals surface area contributed by atoms with Crippen LogP contribution in [0.1, 0.15) is 40.2 Å². The number of carbonyl (C=O) groups excluding carboxylic acids is 1.